The topological polar surface area (TPSA) is 9.72 Å². The zero-order valence-electron chi connectivity index (χ0n) is 52.1. The number of aryl methyl sites for hydroxylation is 2. The molecule has 0 bridgehead atoms. The van der Waals surface area contributed by atoms with Crippen LogP contribution in [-0.4, -0.2) is 6.71 Å². The minimum atomic E-state index is -0.173. The zero-order valence-corrected chi connectivity index (χ0v) is 52.1. The fourth-order valence-electron chi connectivity index (χ4n) is 15.4. The van der Waals surface area contributed by atoms with Gasteiger partial charge in [-0.15, -0.1) is 0 Å². The average molecular weight is 1060 g/mol. The third-order valence-corrected chi connectivity index (χ3v) is 20.6. The SMILES string of the molecule is Cc1cc2c3c(c1)N(c1cccc4c1-c1ccccc1C4(C)C)c1cc(N(c4ccc(C(C)(C)C)cc4)c4ccc(C(C)(C)C)cc4C)ccc1B3c1cc3c(cc1N2c1ccc2c(c1)C(C)(C)CCC2(C)C)C(C)(C)CCC3(C)C. The molecule has 13 rings (SSSR count). The highest BCUT2D eigenvalue weighted by atomic mass is 15.2. The van der Waals surface area contributed by atoms with Crippen LogP contribution in [0.5, 0.6) is 0 Å². The van der Waals surface area contributed by atoms with Crippen LogP contribution in [0.15, 0.2) is 146 Å². The number of hydrogen-bond donors (Lipinski definition) is 0. The first-order valence-electron chi connectivity index (χ1n) is 30.5. The van der Waals surface area contributed by atoms with E-state index in [0.29, 0.717) is 0 Å². The Morgan fingerprint density at radius 1 is 0.420 bits per heavy atom. The molecule has 3 aliphatic carbocycles. The van der Waals surface area contributed by atoms with Gasteiger partial charge in [-0.2, -0.15) is 0 Å². The lowest BCUT2D eigenvalue weighted by Gasteiger charge is -2.48. The third-order valence-electron chi connectivity index (χ3n) is 20.6. The van der Waals surface area contributed by atoms with Crippen LogP contribution in [0, 0.1) is 13.8 Å². The molecule has 0 saturated heterocycles. The lowest BCUT2D eigenvalue weighted by Crippen LogP contribution is -2.62. The molecule has 5 aliphatic rings. The van der Waals surface area contributed by atoms with Crippen LogP contribution in [0.2, 0.25) is 0 Å². The first-order chi connectivity index (χ1) is 38.0. The molecule has 0 radical (unpaired) electrons. The second-order valence-electron chi connectivity index (χ2n) is 30.5. The summed E-state index contributed by atoms with van der Waals surface area (Å²) in [6.45, 7) is 43.2. The second kappa shape index (κ2) is 17.6. The van der Waals surface area contributed by atoms with E-state index in [0.717, 1.165) is 24.2 Å². The molecule has 0 spiro atoms. The van der Waals surface area contributed by atoms with Crippen molar-refractivity contribution in [1.82, 2.24) is 0 Å². The van der Waals surface area contributed by atoms with E-state index in [1.165, 1.54) is 136 Å². The molecule has 0 atom stereocenters. The van der Waals surface area contributed by atoms with E-state index in [1.807, 2.05) is 0 Å². The second-order valence-corrected chi connectivity index (χ2v) is 30.5. The number of anilines is 9. The molecule has 4 heteroatoms. The molecular weight excluding hydrogens is 978 g/mol. The molecule has 412 valence electrons. The highest BCUT2D eigenvalue weighted by molar-refractivity contribution is 7.00. The lowest BCUT2D eigenvalue weighted by atomic mass is 9.33. The van der Waals surface area contributed by atoms with Gasteiger partial charge < -0.3 is 14.7 Å². The van der Waals surface area contributed by atoms with E-state index < -0.39 is 0 Å². The molecule has 3 nitrogen and oxygen atoms in total. The molecular formula is C77H86BN3. The molecule has 0 fully saturated rings. The maximum Gasteiger partial charge on any atom is 0.252 e. The van der Waals surface area contributed by atoms with Gasteiger partial charge in [0.05, 0.1) is 5.69 Å². The van der Waals surface area contributed by atoms with Gasteiger partial charge in [0.15, 0.2) is 0 Å². The number of rotatable bonds is 5. The molecule has 0 aromatic heterocycles. The van der Waals surface area contributed by atoms with Gasteiger partial charge in [0, 0.05) is 56.5 Å². The van der Waals surface area contributed by atoms with Crippen molar-refractivity contribution < 1.29 is 0 Å². The summed E-state index contributed by atoms with van der Waals surface area (Å²) in [5.74, 6) is 0. The monoisotopic (exact) mass is 1060 g/mol. The highest BCUT2D eigenvalue weighted by Crippen LogP contribution is 2.57. The highest BCUT2D eigenvalue weighted by Gasteiger charge is 2.49. The Balaban J connectivity index is 1.14. The lowest BCUT2D eigenvalue weighted by molar-refractivity contribution is 0.332. The molecule has 8 aromatic carbocycles. The van der Waals surface area contributed by atoms with Crippen LogP contribution >= 0.6 is 0 Å². The summed E-state index contributed by atoms with van der Waals surface area (Å²) >= 11 is 0. The summed E-state index contributed by atoms with van der Waals surface area (Å²) in [5, 5.41) is 0. The predicted molar refractivity (Wildman–Crippen MR) is 350 cm³/mol. The van der Waals surface area contributed by atoms with Crippen molar-refractivity contribution in [3.05, 3.63) is 201 Å². The van der Waals surface area contributed by atoms with Gasteiger partial charge in [-0.3, -0.25) is 0 Å². The number of benzene rings is 8. The Bertz CT molecular complexity index is 3920. The molecule has 2 heterocycles. The van der Waals surface area contributed by atoms with Gasteiger partial charge in [-0.1, -0.05) is 190 Å². The van der Waals surface area contributed by atoms with Crippen molar-refractivity contribution in [1.29, 1.82) is 0 Å². The molecule has 0 amide bonds. The van der Waals surface area contributed by atoms with Crippen LogP contribution in [0.25, 0.3) is 11.1 Å². The Morgan fingerprint density at radius 3 is 1.62 bits per heavy atom. The Hall–Kier alpha value is -6.78. The Labute approximate surface area is 486 Å². The van der Waals surface area contributed by atoms with Crippen molar-refractivity contribution in [2.24, 2.45) is 0 Å². The normalized spacial score (nSPS) is 18.2. The zero-order chi connectivity index (χ0) is 57.5. The van der Waals surface area contributed by atoms with Crippen molar-refractivity contribution in [3.63, 3.8) is 0 Å². The fourth-order valence-corrected chi connectivity index (χ4v) is 15.4. The predicted octanol–water partition coefficient (Wildman–Crippen LogP) is 19.5. The number of hydrogen-bond acceptors (Lipinski definition) is 3. The van der Waals surface area contributed by atoms with Crippen molar-refractivity contribution in [2.45, 2.75) is 188 Å². The van der Waals surface area contributed by atoms with E-state index in [1.54, 1.807) is 0 Å². The van der Waals surface area contributed by atoms with Gasteiger partial charge in [-0.05, 0) is 216 Å². The molecule has 0 saturated carbocycles. The van der Waals surface area contributed by atoms with Crippen LogP contribution in [0.1, 0.15) is 192 Å². The van der Waals surface area contributed by atoms with Crippen molar-refractivity contribution >= 4 is 74.3 Å². The van der Waals surface area contributed by atoms with Gasteiger partial charge in [0.1, 0.15) is 0 Å². The van der Waals surface area contributed by atoms with Crippen LogP contribution in [0.3, 0.4) is 0 Å². The summed E-state index contributed by atoms with van der Waals surface area (Å²) in [6, 6.07) is 58.4. The van der Waals surface area contributed by atoms with Gasteiger partial charge in [0.2, 0.25) is 0 Å². The molecule has 81 heavy (non-hydrogen) atoms. The smallest absolute Gasteiger partial charge is 0.252 e. The quantitative estimate of drug-likeness (QED) is 0.159. The maximum absolute atomic E-state index is 2.71. The maximum atomic E-state index is 2.71. The largest absolute Gasteiger partial charge is 0.311 e. The third kappa shape index (κ3) is 8.17. The summed E-state index contributed by atoms with van der Waals surface area (Å²) in [7, 11) is 0. The van der Waals surface area contributed by atoms with Crippen LogP contribution in [-0.2, 0) is 37.9 Å². The van der Waals surface area contributed by atoms with E-state index in [-0.39, 0.29) is 44.6 Å². The van der Waals surface area contributed by atoms with Crippen LogP contribution < -0.4 is 31.1 Å². The van der Waals surface area contributed by atoms with Crippen molar-refractivity contribution in [3.8, 4) is 11.1 Å². The van der Waals surface area contributed by atoms with Gasteiger partial charge >= 0.3 is 0 Å². The Kier molecular flexibility index (Phi) is 11.6. The number of fused-ring (bicyclic) bond motifs is 9. The Morgan fingerprint density at radius 2 is 0.975 bits per heavy atom. The fraction of sp³-hybridized carbons (Fsp3) is 0.377. The standard InChI is InChI=1S/C77H86BN3/c1-47-40-67-70-68(41-47)81(64-25-21-24-57-69(64)54-22-19-20-23-55(54)77(57,17)18)65-44-53(79(51-29-26-49(27-30-51)71(3,4)5)63-35-28-50(42-48(63)2)72(6,7)8)32-34-61(65)78(70)62-45-59-60(76(15,16)39-38-75(59,13)14)46-66(62)80(67)52-31-33-56-58(43-52)74(11,12)37-36-73(56,9)10/h19-35,40-46H,36-39H2,1-18H3. The van der Waals surface area contributed by atoms with Crippen LogP contribution in [0.4, 0.5) is 51.2 Å². The minimum absolute atomic E-state index is 0.0180. The van der Waals surface area contributed by atoms with E-state index >= 15 is 0 Å². The van der Waals surface area contributed by atoms with E-state index in [4.69, 9.17) is 0 Å². The summed E-state index contributed by atoms with van der Waals surface area (Å²) < 4.78 is 0. The van der Waals surface area contributed by atoms with Gasteiger partial charge in [0.25, 0.3) is 6.71 Å². The first-order valence-corrected chi connectivity index (χ1v) is 30.5. The molecule has 0 unspecified atom stereocenters. The minimum Gasteiger partial charge on any atom is -0.311 e. The first kappa shape index (κ1) is 53.5. The van der Waals surface area contributed by atoms with Crippen molar-refractivity contribution in [2.75, 3.05) is 14.7 Å². The summed E-state index contributed by atoms with van der Waals surface area (Å²) in [4.78, 5) is 7.96. The molecule has 0 N–H and O–H groups in total. The molecule has 2 aliphatic heterocycles. The molecule has 8 aromatic rings. The average Bonchev–Trinajstić information content (AvgIpc) is 3.74. The van der Waals surface area contributed by atoms with E-state index in [9.17, 15) is 0 Å². The summed E-state index contributed by atoms with van der Waals surface area (Å²) in [6.07, 6.45) is 4.68. The summed E-state index contributed by atoms with van der Waals surface area (Å²) in [5.41, 5.74) is 31.8. The van der Waals surface area contributed by atoms with Gasteiger partial charge in [-0.25, -0.2) is 0 Å². The van der Waals surface area contributed by atoms with E-state index in [2.05, 4.69) is 285 Å². The number of nitrogens with zero attached hydrogens (tertiary/aromatic N) is 3.